The summed E-state index contributed by atoms with van der Waals surface area (Å²) in [5.41, 5.74) is 1.11. The number of thiol groups is 1. The normalized spacial score (nSPS) is 23.4. The van der Waals surface area contributed by atoms with Crippen molar-refractivity contribution in [2.45, 2.75) is 17.4 Å². The molecule has 1 aliphatic rings. The van der Waals surface area contributed by atoms with E-state index in [1.807, 2.05) is 18.2 Å². The van der Waals surface area contributed by atoms with Gasteiger partial charge in [0.2, 0.25) is 0 Å². The third-order valence-corrected chi connectivity index (χ3v) is 4.30. The Morgan fingerprint density at radius 3 is 2.53 bits per heavy atom. The number of rotatable bonds is 2. The van der Waals surface area contributed by atoms with E-state index in [-0.39, 0.29) is 16.5 Å². The molecule has 0 N–H and O–H groups in total. The van der Waals surface area contributed by atoms with Gasteiger partial charge in [-0.3, -0.25) is 4.79 Å². The number of carbonyl (C=O) groups is 1. The summed E-state index contributed by atoms with van der Waals surface area (Å²) in [4.78, 5) is 10.8. The van der Waals surface area contributed by atoms with Crippen LogP contribution in [0.2, 0.25) is 0 Å². The molecule has 2 atom stereocenters. The molecule has 5 heteroatoms. The molecule has 1 heterocycles. The predicted octanol–water partition coefficient (Wildman–Crippen LogP) is 3.78. The maximum absolute atomic E-state index is 10.8. The SMILES string of the molecule is CC(=O)Oc1ccc(C2C=C(Cl)SC2S)cc1. The zero-order valence-electron chi connectivity index (χ0n) is 9.09. The molecule has 2 rings (SSSR count). The summed E-state index contributed by atoms with van der Waals surface area (Å²) in [6.45, 7) is 1.38. The average Bonchev–Trinajstić information content (AvgIpc) is 2.58. The van der Waals surface area contributed by atoms with Crippen LogP contribution in [0, 0.1) is 0 Å². The van der Waals surface area contributed by atoms with Crippen LogP contribution in [0.25, 0.3) is 0 Å². The van der Waals surface area contributed by atoms with Crippen molar-refractivity contribution >= 4 is 42.0 Å². The van der Waals surface area contributed by atoms with Crippen LogP contribution < -0.4 is 4.74 Å². The maximum Gasteiger partial charge on any atom is 0.308 e. The summed E-state index contributed by atoms with van der Waals surface area (Å²) in [6, 6.07) is 7.42. The summed E-state index contributed by atoms with van der Waals surface area (Å²) in [5.74, 6) is 0.434. The van der Waals surface area contributed by atoms with E-state index >= 15 is 0 Å². The third-order valence-electron chi connectivity index (χ3n) is 2.38. The number of carbonyl (C=O) groups excluding carboxylic acids is 1. The molecule has 0 spiro atoms. The third kappa shape index (κ3) is 3.21. The van der Waals surface area contributed by atoms with E-state index in [9.17, 15) is 4.79 Å². The molecular formula is C12H11ClO2S2. The van der Waals surface area contributed by atoms with E-state index in [0.29, 0.717) is 5.75 Å². The first-order chi connectivity index (χ1) is 8.06. The van der Waals surface area contributed by atoms with Gasteiger partial charge < -0.3 is 4.74 Å². The van der Waals surface area contributed by atoms with Gasteiger partial charge in [-0.25, -0.2) is 0 Å². The molecule has 0 amide bonds. The average molecular weight is 287 g/mol. The van der Waals surface area contributed by atoms with Crippen molar-refractivity contribution in [3.8, 4) is 5.75 Å². The topological polar surface area (TPSA) is 26.3 Å². The lowest BCUT2D eigenvalue weighted by Crippen LogP contribution is -2.04. The van der Waals surface area contributed by atoms with Crippen LogP contribution in [0.15, 0.2) is 34.7 Å². The smallest absolute Gasteiger partial charge is 0.308 e. The predicted molar refractivity (Wildman–Crippen MR) is 74.8 cm³/mol. The fourth-order valence-corrected chi connectivity index (χ4v) is 3.68. The van der Waals surface area contributed by atoms with Gasteiger partial charge in [0.1, 0.15) is 5.75 Å². The Morgan fingerprint density at radius 2 is 2.06 bits per heavy atom. The van der Waals surface area contributed by atoms with Crippen LogP contribution in [0.5, 0.6) is 5.75 Å². The minimum absolute atomic E-state index is 0.141. The Bertz CT molecular complexity index is 456. The highest BCUT2D eigenvalue weighted by Gasteiger charge is 2.26. The fraction of sp³-hybridized carbons (Fsp3) is 0.250. The number of benzene rings is 1. The maximum atomic E-state index is 10.8. The van der Waals surface area contributed by atoms with Gasteiger partial charge in [0.05, 0.1) is 8.95 Å². The molecule has 17 heavy (non-hydrogen) atoms. The van der Waals surface area contributed by atoms with E-state index in [0.717, 1.165) is 9.93 Å². The molecule has 0 aliphatic carbocycles. The van der Waals surface area contributed by atoms with Crippen LogP contribution in [0.4, 0.5) is 0 Å². The summed E-state index contributed by atoms with van der Waals surface area (Å²) in [6.07, 6.45) is 1.99. The first kappa shape index (κ1) is 12.9. The van der Waals surface area contributed by atoms with Gasteiger partial charge in [0.15, 0.2) is 0 Å². The zero-order chi connectivity index (χ0) is 12.4. The van der Waals surface area contributed by atoms with Crippen LogP contribution in [0.1, 0.15) is 18.4 Å². The van der Waals surface area contributed by atoms with Gasteiger partial charge >= 0.3 is 5.97 Å². The van der Waals surface area contributed by atoms with Crippen LogP contribution in [-0.2, 0) is 4.79 Å². The lowest BCUT2D eigenvalue weighted by Gasteiger charge is -2.13. The molecule has 0 aromatic heterocycles. The van der Waals surface area contributed by atoms with Crippen LogP contribution in [-0.4, -0.2) is 10.6 Å². The molecular weight excluding hydrogens is 276 g/mol. The van der Waals surface area contributed by atoms with E-state index < -0.39 is 0 Å². The molecule has 1 aromatic carbocycles. The van der Waals surface area contributed by atoms with E-state index in [1.54, 1.807) is 23.9 Å². The summed E-state index contributed by atoms with van der Waals surface area (Å²) in [7, 11) is 0. The number of allylic oxidation sites excluding steroid dienone is 1. The van der Waals surface area contributed by atoms with Crippen molar-refractivity contribution in [1.29, 1.82) is 0 Å². The molecule has 0 fully saturated rings. The number of halogens is 1. The Kier molecular flexibility index (Phi) is 4.07. The van der Waals surface area contributed by atoms with Gasteiger partial charge in [-0.15, -0.1) is 0 Å². The Labute approximate surface area is 115 Å². The second-order valence-electron chi connectivity index (χ2n) is 3.67. The minimum atomic E-state index is -0.316. The molecule has 2 unspecified atom stereocenters. The highest BCUT2D eigenvalue weighted by Crippen LogP contribution is 2.45. The van der Waals surface area contributed by atoms with E-state index in [1.165, 1.54) is 6.92 Å². The van der Waals surface area contributed by atoms with Crippen LogP contribution >= 0.6 is 36.0 Å². The Balaban J connectivity index is 2.15. The second-order valence-corrected chi connectivity index (χ2v) is 6.39. The number of esters is 1. The van der Waals surface area contributed by atoms with Crippen molar-refractivity contribution in [2.24, 2.45) is 0 Å². The summed E-state index contributed by atoms with van der Waals surface area (Å²) >= 11 is 12.0. The fourth-order valence-electron chi connectivity index (χ4n) is 1.64. The van der Waals surface area contributed by atoms with Crippen molar-refractivity contribution in [3.63, 3.8) is 0 Å². The lowest BCUT2D eigenvalue weighted by atomic mass is 10.0. The number of thioether (sulfide) groups is 1. The van der Waals surface area contributed by atoms with Crippen molar-refractivity contribution in [1.82, 2.24) is 0 Å². The number of hydrogen-bond donors (Lipinski definition) is 1. The number of ether oxygens (including phenoxy) is 1. The summed E-state index contributed by atoms with van der Waals surface area (Å²) in [5, 5.41) is 0. The molecule has 0 bridgehead atoms. The van der Waals surface area contributed by atoms with Gasteiger partial charge in [-0.05, 0) is 23.8 Å². The number of hydrogen-bond acceptors (Lipinski definition) is 4. The standard InChI is InChI=1S/C12H11ClO2S2/c1-7(14)15-9-4-2-8(3-5-9)10-6-11(13)17-12(10)16/h2-6,10,12,16H,1H3. The van der Waals surface area contributed by atoms with Crippen molar-refractivity contribution in [2.75, 3.05) is 0 Å². The molecule has 0 radical (unpaired) electrons. The van der Waals surface area contributed by atoms with Crippen molar-refractivity contribution < 1.29 is 9.53 Å². The lowest BCUT2D eigenvalue weighted by molar-refractivity contribution is -0.131. The van der Waals surface area contributed by atoms with Gasteiger partial charge in [-0.1, -0.05) is 35.5 Å². The zero-order valence-corrected chi connectivity index (χ0v) is 11.6. The molecule has 2 nitrogen and oxygen atoms in total. The minimum Gasteiger partial charge on any atom is -0.427 e. The Morgan fingerprint density at radius 1 is 1.41 bits per heavy atom. The molecule has 90 valence electrons. The largest absolute Gasteiger partial charge is 0.427 e. The second kappa shape index (κ2) is 5.38. The molecule has 1 aromatic rings. The van der Waals surface area contributed by atoms with Gasteiger partial charge in [0.25, 0.3) is 0 Å². The molecule has 0 saturated carbocycles. The highest BCUT2D eigenvalue weighted by atomic mass is 35.5. The first-order valence-corrected chi connectivity index (χ1v) is 6.84. The highest BCUT2D eigenvalue weighted by molar-refractivity contribution is 8.14. The summed E-state index contributed by atoms with van der Waals surface area (Å²) < 4.78 is 5.89. The molecule has 0 saturated heterocycles. The quantitative estimate of drug-likeness (QED) is 0.509. The Hall–Kier alpha value is -0.580. The monoisotopic (exact) mass is 286 g/mol. The van der Waals surface area contributed by atoms with Gasteiger partial charge in [-0.2, -0.15) is 12.6 Å². The first-order valence-electron chi connectivity index (χ1n) is 5.06. The van der Waals surface area contributed by atoms with E-state index in [4.69, 9.17) is 16.3 Å². The van der Waals surface area contributed by atoms with Crippen LogP contribution in [0.3, 0.4) is 0 Å². The van der Waals surface area contributed by atoms with E-state index in [2.05, 4.69) is 12.6 Å². The molecule has 1 aliphatic heterocycles. The van der Waals surface area contributed by atoms with Crippen molar-refractivity contribution in [3.05, 3.63) is 40.3 Å². The van der Waals surface area contributed by atoms with Gasteiger partial charge in [0, 0.05) is 12.8 Å².